The number of nitrogens with one attached hydrogen (secondary N) is 1. The molecule has 1 fully saturated rings. The minimum absolute atomic E-state index is 0.0678. The van der Waals surface area contributed by atoms with Crippen molar-refractivity contribution in [3.8, 4) is 0 Å². The lowest BCUT2D eigenvalue weighted by molar-refractivity contribution is 0.586. The molecule has 2 atom stereocenters. The molecule has 5 heteroatoms. The van der Waals surface area contributed by atoms with E-state index in [4.69, 9.17) is 0 Å². The number of halogens is 1. The van der Waals surface area contributed by atoms with Gasteiger partial charge in [-0.2, -0.15) is 0 Å². The van der Waals surface area contributed by atoms with Crippen LogP contribution in [-0.2, 0) is 10.0 Å². The van der Waals surface area contributed by atoms with Crippen molar-refractivity contribution in [2.24, 2.45) is 0 Å². The monoisotopic (exact) mass is 229 g/mol. The molecule has 0 amide bonds. The fourth-order valence-corrected chi connectivity index (χ4v) is 2.52. The van der Waals surface area contributed by atoms with E-state index >= 15 is 0 Å². The summed E-state index contributed by atoms with van der Waals surface area (Å²) in [6.45, 7) is 0. The molecule has 0 heterocycles. The van der Waals surface area contributed by atoms with E-state index in [9.17, 15) is 12.8 Å². The average molecular weight is 229 g/mol. The zero-order chi connectivity index (χ0) is 11.1. The van der Waals surface area contributed by atoms with E-state index in [0.29, 0.717) is 0 Å². The summed E-state index contributed by atoms with van der Waals surface area (Å²) in [5.41, 5.74) is 0.858. The van der Waals surface area contributed by atoms with Gasteiger partial charge in [-0.3, -0.25) is 0 Å². The molecule has 0 saturated heterocycles. The zero-order valence-corrected chi connectivity index (χ0v) is 9.09. The Morgan fingerprint density at radius 3 is 2.80 bits per heavy atom. The first kappa shape index (κ1) is 10.6. The Morgan fingerprint density at radius 2 is 2.20 bits per heavy atom. The maximum atomic E-state index is 12.9. The van der Waals surface area contributed by atoms with Crippen molar-refractivity contribution in [1.29, 1.82) is 0 Å². The van der Waals surface area contributed by atoms with Gasteiger partial charge in [-0.15, -0.1) is 0 Å². The molecule has 1 aliphatic carbocycles. The van der Waals surface area contributed by atoms with E-state index in [1.54, 1.807) is 6.07 Å². The van der Waals surface area contributed by atoms with Gasteiger partial charge in [-0.25, -0.2) is 17.5 Å². The molecule has 0 spiro atoms. The highest BCUT2D eigenvalue weighted by Gasteiger charge is 2.40. The third-order valence-corrected chi connectivity index (χ3v) is 3.16. The average Bonchev–Trinajstić information content (AvgIpc) is 2.80. The van der Waals surface area contributed by atoms with Crippen LogP contribution < -0.4 is 4.72 Å². The quantitative estimate of drug-likeness (QED) is 0.847. The minimum atomic E-state index is -3.16. The summed E-state index contributed by atoms with van der Waals surface area (Å²) in [6, 6.07) is 6.22. The van der Waals surface area contributed by atoms with Crippen molar-refractivity contribution in [2.45, 2.75) is 18.4 Å². The van der Waals surface area contributed by atoms with Gasteiger partial charge in [-0.05, 0) is 24.1 Å². The Kier molecular flexibility index (Phi) is 2.52. The van der Waals surface area contributed by atoms with Gasteiger partial charge in [0.25, 0.3) is 0 Å². The Bertz CT molecular complexity index is 472. The number of hydrogen-bond acceptors (Lipinski definition) is 2. The molecular weight excluding hydrogens is 217 g/mol. The third-order valence-electron chi connectivity index (χ3n) is 2.43. The van der Waals surface area contributed by atoms with Crippen molar-refractivity contribution >= 4 is 10.0 Å². The van der Waals surface area contributed by atoms with Gasteiger partial charge >= 0.3 is 0 Å². The zero-order valence-electron chi connectivity index (χ0n) is 8.27. The van der Waals surface area contributed by atoms with Crippen molar-refractivity contribution in [2.75, 3.05) is 6.26 Å². The predicted molar refractivity (Wildman–Crippen MR) is 55.5 cm³/mol. The second kappa shape index (κ2) is 3.57. The molecule has 1 N–H and O–H groups in total. The molecule has 0 aromatic heterocycles. The normalized spacial score (nSPS) is 25.2. The van der Waals surface area contributed by atoms with Crippen LogP contribution in [0.15, 0.2) is 24.3 Å². The van der Waals surface area contributed by atoms with E-state index in [1.165, 1.54) is 12.1 Å². The van der Waals surface area contributed by atoms with Crippen LogP contribution in [0.4, 0.5) is 4.39 Å². The summed E-state index contributed by atoms with van der Waals surface area (Å²) in [5, 5.41) is 0. The Balaban J connectivity index is 2.05. The molecule has 0 bridgehead atoms. The van der Waals surface area contributed by atoms with E-state index in [1.807, 2.05) is 6.07 Å². The second-order valence-electron chi connectivity index (χ2n) is 3.89. The summed E-state index contributed by atoms with van der Waals surface area (Å²) in [7, 11) is -3.16. The molecule has 1 aliphatic rings. The molecule has 1 aromatic rings. The van der Waals surface area contributed by atoms with Crippen LogP contribution in [0.25, 0.3) is 0 Å². The van der Waals surface area contributed by atoms with Crippen LogP contribution in [0.5, 0.6) is 0 Å². The first-order chi connectivity index (χ1) is 6.96. The molecule has 0 radical (unpaired) electrons. The summed E-state index contributed by atoms with van der Waals surface area (Å²) < 4.78 is 37.3. The van der Waals surface area contributed by atoms with Gasteiger partial charge in [0.05, 0.1) is 6.26 Å². The van der Waals surface area contributed by atoms with Gasteiger partial charge in [0.2, 0.25) is 10.0 Å². The standard InChI is InChI=1S/C10H12FNO2S/c1-15(13,14)12-10-6-9(10)7-3-2-4-8(11)5-7/h2-5,9-10,12H,6H2,1H3/t9-,10+/m0/s1. The molecule has 0 unspecified atom stereocenters. The molecule has 82 valence electrons. The SMILES string of the molecule is CS(=O)(=O)N[C@@H]1C[C@H]1c1cccc(F)c1. The van der Waals surface area contributed by atoms with Crippen molar-refractivity contribution < 1.29 is 12.8 Å². The maximum Gasteiger partial charge on any atom is 0.208 e. The Labute approximate surface area is 88.4 Å². The fraction of sp³-hybridized carbons (Fsp3) is 0.400. The minimum Gasteiger partial charge on any atom is -0.213 e. The molecule has 1 saturated carbocycles. The highest BCUT2D eigenvalue weighted by atomic mass is 32.2. The largest absolute Gasteiger partial charge is 0.213 e. The van der Waals surface area contributed by atoms with Gasteiger partial charge in [0, 0.05) is 12.0 Å². The van der Waals surface area contributed by atoms with Gasteiger partial charge < -0.3 is 0 Å². The lowest BCUT2D eigenvalue weighted by atomic mass is 10.1. The Hall–Kier alpha value is -0.940. The van der Waals surface area contributed by atoms with E-state index < -0.39 is 10.0 Å². The van der Waals surface area contributed by atoms with Crippen LogP contribution in [0.2, 0.25) is 0 Å². The van der Waals surface area contributed by atoms with Crippen LogP contribution in [0, 0.1) is 5.82 Å². The smallest absolute Gasteiger partial charge is 0.208 e. The van der Waals surface area contributed by atoms with Crippen LogP contribution in [-0.4, -0.2) is 20.7 Å². The molecular formula is C10H12FNO2S. The maximum absolute atomic E-state index is 12.9. The molecule has 15 heavy (non-hydrogen) atoms. The van der Waals surface area contributed by atoms with Gasteiger partial charge in [0.15, 0.2) is 0 Å². The van der Waals surface area contributed by atoms with Crippen molar-refractivity contribution in [3.63, 3.8) is 0 Å². The van der Waals surface area contributed by atoms with Crippen LogP contribution >= 0.6 is 0 Å². The summed E-state index contributed by atoms with van der Waals surface area (Å²) in [5.74, 6) is -0.159. The summed E-state index contributed by atoms with van der Waals surface area (Å²) in [4.78, 5) is 0. The van der Waals surface area contributed by atoms with E-state index in [-0.39, 0.29) is 17.8 Å². The lowest BCUT2D eigenvalue weighted by Crippen LogP contribution is -2.25. The highest BCUT2D eigenvalue weighted by Crippen LogP contribution is 2.41. The van der Waals surface area contributed by atoms with Crippen LogP contribution in [0.1, 0.15) is 17.9 Å². The van der Waals surface area contributed by atoms with Crippen LogP contribution in [0.3, 0.4) is 0 Å². The summed E-state index contributed by atoms with van der Waals surface area (Å²) in [6.07, 6.45) is 1.88. The first-order valence-corrected chi connectivity index (χ1v) is 6.57. The number of sulfonamides is 1. The predicted octanol–water partition coefficient (Wildman–Crippen LogP) is 1.23. The van der Waals surface area contributed by atoms with Crippen molar-refractivity contribution in [1.82, 2.24) is 4.72 Å². The van der Waals surface area contributed by atoms with E-state index in [2.05, 4.69) is 4.72 Å². The molecule has 2 rings (SSSR count). The first-order valence-electron chi connectivity index (χ1n) is 4.68. The highest BCUT2D eigenvalue weighted by molar-refractivity contribution is 7.88. The number of rotatable bonds is 3. The number of hydrogen-bond donors (Lipinski definition) is 1. The van der Waals surface area contributed by atoms with E-state index in [0.717, 1.165) is 18.2 Å². The van der Waals surface area contributed by atoms with Gasteiger partial charge in [0.1, 0.15) is 5.82 Å². The topological polar surface area (TPSA) is 46.2 Å². The summed E-state index contributed by atoms with van der Waals surface area (Å²) >= 11 is 0. The van der Waals surface area contributed by atoms with Crippen molar-refractivity contribution in [3.05, 3.63) is 35.6 Å². The Morgan fingerprint density at radius 1 is 1.47 bits per heavy atom. The molecule has 3 nitrogen and oxygen atoms in total. The lowest BCUT2D eigenvalue weighted by Gasteiger charge is -2.01. The number of benzene rings is 1. The fourth-order valence-electron chi connectivity index (χ4n) is 1.71. The third kappa shape index (κ3) is 2.76. The second-order valence-corrected chi connectivity index (χ2v) is 5.67. The molecule has 0 aliphatic heterocycles. The van der Waals surface area contributed by atoms with Gasteiger partial charge in [-0.1, -0.05) is 12.1 Å². The molecule has 1 aromatic carbocycles.